The first-order valence-electron chi connectivity index (χ1n) is 5.46. The van der Waals surface area contributed by atoms with Gasteiger partial charge in [0.15, 0.2) is 0 Å². The summed E-state index contributed by atoms with van der Waals surface area (Å²) in [5.74, 6) is 0.144. The van der Waals surface area contributed by atoms with Gasteiger partial charge in [0.25, 0.3) is 0 Å². The standard InChI is InChI=1S/C12H15N3OS/c13-10-4-2-1-3-9(10)12(15)17-11(14)8-5-6-16-7-8/h1-4,8,14-15H,5-7,13H2. The molecule has 5 heteroatoms. The summed E-state index contributed by atoms with van der Waals surface area (Å²) in [6, 6.07) is 7.27. The predicted molar refractivity (Wildman–Crippen MR) is 71.9 cm³/mol. The van der Waals surface area contributed by atoms with E-state index in [1.165, 1.54) is 11.8 Å². The van der Waals surface area contributed by atoms with E-state index in [0.717, 1.165) is 6.42 Å². The Morgan fingerprint density at radius 3 is 2.76 bits per heavy atom. The quantitative estimate of drug-likeness (QED) is 0.427. The number of benzene rings is 1. The Morgan fingerprint density at radius 1 is 1.35 bits per heavy atom. The highest BCUT2D eigenvalue weighted by Crippen LogP contribution is 2.25. The first kappa shape index (κ1) is 12.1. The topological polar surface area (TPSA) is 83.0 Å². The third-order valence-corrected chi connectivity index (χ3v) is 3.70. The molecule has 1 aliphatic rings. The second-order valence-electron chi connectivity index (χ2n) is 3.94. The third-order valence-electron chi connectivity index (χ3n) is 2.72. The fraction of sp³-hybridized carbons (Fsp3) is 0.333. The zero-order valence-electron chi connectivity index (χ0n) is 9.40. The van der Waals surface area contributed by atoms with Crippen molar-refractivity contribution < 1.29 is 4.74 Å². The molecule has 2 rings (SSSR count). The van der Waals surface area contributed by atoms with Gasteiger partial charge >= 0.3 is 0 Å². The van der Waals surface area contributed by atoms with E-state index in [0.29, 0.717) is 34.6 Å². The minimum atomic E-state index is 0.144. The van der Waals surface area contributed by atoms with Crippen molar-refractivity contribution in [3.05, 3.63) is 29.8 Å². The summed E-state index contributed by atoms with van der Waals surface area (Å²) in [5, 5.41) is 16.7. The average molecular weight is 249 g/mol. The number of thioether (sulfide) groups is 1. The van der Waals surface area contributed by atoms with Crippen LogP contribution in [-0.2, 0) is 4.74 Å². The Balaban J connectivity index is 2.02. The molecule has 0 aromatic heterocycles. The highest BCUT2D eigenvalue weighted by Gasteiger charge is 2.22. The molecule has 0 aliphatic carbocycles. The van der Waals surface area contributed by atoms with Crippen LogP contribution in [0.2, 0.25) is 0 Å². The molecule has 4 N–H and O–H groups in total. The van der Waals surface area contributed by atoms with Crippen LogP contribution in [0.4, 0.5) is 5.69 Å². The van der Waals surface area contributed by atoms with Crippen molar-refractivity contribution in [1.29, 1.82) is 10.8 Å². The van der Waals surface area contributed by atoms with Gasteiger partial charge in [0, 0.05) is 23.8 Å². The first-order chi connectivity index (χ1) is 8.18. The fourth-order valence-electron chi connectivity index (χ4n) is 1.69. The van der Waals surface area contributed by atoms with Crippen molar-refractivity contribution in [3.63, 3.8) is 0 Å². The molecule has 0 saturated carbocycles. The Morgan fingerprint density at radius 2 is 2.12 bits per heavy atom. The smallest absolute Gasteiger partial charge is 0.102 e. The van der Waals surface area contributed by atoms with Gasteiger partial charge in [-0.3, -0.25) is 10.8 Å². The number of nitrogens with two attached hydrogens (primary N) is 1. The van der Waals surface area contributed by atoms with Crippen LogP contribution in [-0.4, -0.2) is 23.3 Å². The molecule has 4 nitrogen and oxygen atoms in total. The number of anilines is 1. The van der Waals surface area contributed by atoms with Crippen molar-refractivity contribution >= 4 is 27.5 Å². The van der Waals surface area contributed by atoms with E-state index in [4.69, 9.17) is 21.3 Å². The number of para-hydroxylation sites is 1. The van der Waals surface area contributed by atoms with E-state index in [1.807, 2.05) is 18.2 Å². The summed E-state index contributed by atoms with van der Waals surface area (Å²) in [5.41, 5.74) is 7.08. The van der Waals surface area contributed by atoms with Gasteiger partial charge < -0.3 is 10.5 Å². The second kappa shape index (κ2) is 5.33. The average Bonchev–Trinajstić information content (AvgIpc) is 2.82. The van der Waals surface area contributed by atoms with E-state index < -0.39 is 0 Å². The van der Waals surface area contributed by atoms with Gasteiger partial charge in [-0.05, 0) is 12.5 Å². The molecular formula is C12H15N3OS. The summed E-state index contributed by atoms with van der Waals surface area (Å²) in [7, 11) is 0. The van der Waals surface area contributed by atoms with Gasteiger partial charge in [-0.25, -0.2) is 0 Å². The molecule has 1 heterocycles. The fourth-order valence-corrected chi connectivity index (χ4v) is 2.56. The lowest BCUT2D eigenvalue weighted by Crippen LogP contribution is -2.13. The molecule has 0 bridgehead atoms. The van der Waals surface area contributed by atoms with Gasteiger partial charge in [0.05, 0.1) is 11.7 Å². The van der Waals surface area contributed by atoms with Gasteiger partial charge in [0.1, 0.15) is 5.04 Å². The normalized spacial score (nSPS) is 19.2. The van der Waals surface area contributed by atoms with Crippen LogP contribution in [0.25, 0.3) is 0 Å². The minimum Gasteiger partial charge on any atom is -0.398 e. The van der Waals surface area contributed by atoms with Gasteiger partial charge in [-0.15, -0.1) is 0 Å². The van der Waals surface area contributed by atoms with E-state index in [9.17, 15) is 0 Å². The molecule has 1 saturated heterocycles. The molecule has 90 valence electrons. The van der Waals surface area contributed by atoms with E-state index in [2.05, 4.69) is 0 Å². The number of rotatable bonds is 2. The third kappa shape index (κ3) is 2.87. The Bertz CT molecular complexity index is 441. The lowest BCUT2D eigenvalue weighted by Gasteiger charge is -2.11. The van der Waals surface area contributed by atoms with Crippen LogP contribution in [0.3, 0.4) is 0 Å². The van der Waals surface area contributed by atoms with Crippen LogP contribution in [0.5, 0.6) is 0 Å². The number of ether oxygens (including phenoxy) is 1. The summed E-state index contributed by atoms with van der Waals surface area (Å²) >= 11 is 1.17. The number of nitrogens with one attached hydrogen (secondary N) is 2. The maximum atomic E-state index is 7.97. The van der Waals surface area contributed by atoms with E-state index in [1.54, 1.807) is 6.07 Å². The summed E-state index contributed by atoms with van der Waals surface area (Å²) < 4.78 is 5.24. The van der Waals surface area contributed by atoms with Crippen LogP contribution in [0.1, 0.15) is 12.0 Å². The van der Waals surface area contributed by atoms with Gasteiger partial charge in [-0.2, -0.15) is 0 Å². The molecule has 1 atom stereocenters. The van der Waals surface area contributed by atoms with Gasteiger partial charge in [0.2, 0.25) is 0 Å². The molecule has 1 fully saturated rings. The monoisotopic (exact) mass is 249 g/mol. The lowest BCUT2D eigenvalue weighted by atomic mass is 10.1. The molecule has 0 spiro atoms. The largest absolute Gasteiger partial charge is 0.398 e. The molecular weight excluding hydrogens is 234 g/mol. The molecule has 1 aliphatic heterocycles. The predicted octanol–water partition coefficient (Wildman–Crippen LogP) is 2.34. The number of nitrogen functional groups attached to an aromatic ring is 1. The maximum absolute atomic E-state index is 7.97. The van der Waals surface area contributed by atoms with Crippen molar-refractivity contribution in [3.8, 4) is 0 Å². The highest BCUT2D eigenvalue weighted by atomic mass is 32.2. The summed E-state index contributed by atoms with van der Waals surface area (Å²) in [4.78, 5) is 0. The Hall–Kier alpha value is -1.33. The van der Waals surface area contributed by atoms with Crippen molar-refractivity contribution in [2.75, 3.05) is 18.9 Å². The number of hydrogen-bond donors (Lipinski definition) is 3. The van der Waals surface area contributed by atoms with Crippen LogP contribution < -0.4 is 5.73 Å². The van der Waals surface area contributed by atoms with Crippen molar-refractivity contribution in [2.24, 2.45) is 5.92 Å². The van der Waals surface area contributed by atoms with Crippen LogP contribution in [0, 0.1) is 16.7 Å². The summed E-state index contributed by atoms with van der Waals surface area (Å²) in [6.45, 7) is 1.32. The van der Waals surface area contributed by atoms with Crippen LogP contribution >= 0.6 is 11.8 Å². The Kier molecular flexibility index (Phi) is 3.81. The lowest BCUT2D eigenvalue weighted by molar-refractivity contribution is 0.193. The molecule has 1 unspecified atom stereocenters. The van der Waals surface area contributed by atoms with Crippen molar-refractivity contribution in [2.45, 2.75) is 6.42 Å². The molecule has 1 aromatic rings. The Labute approximate surface area is 105 Å². The molecule has 1 aromatic carbocycles. The zero-order valence-corrected chi connectivity index (χ0v) is 10.2. The minimum absolute atomic E-state index is 0.144. The number of hydrogen-bond acceptors (Lipinski definition) is 5. The highest BCUT2D eigenvalue weighted by molar-refractivity contribution is 8.26. The van der Waals surface area contributed by atoms with E-state index >= 15 is 0 Å². The molecule has 0 amide bonds. The zero-order chi connectivity index (χ0) is 12.3. The summed E-state index contributed by atoms with van der Waals surface area (Å²) in [6.07, 6.45) is 0.878. The van der Waals surface area contributed by atoms with Crippen molar-refractivity contribution in [1.82, 2.24) is 0 Å². The molecule has 17 heavy (non-hydrogen) atoms. The van der Waals surface area contributed by atoms with Crippen LogP contribution in [0.15, 0.2) is 24.3 Å². The first-order valence-corrected chi connectivity index (χ1v) is 6.27. The van der Waals surface area contributed by atoms with Gasteiger partial charge in [-0.1, -0.05) is 30.0 Å². The molecule has 0 radical (unpaired) electrons. The maximum Gasteiger partial charge on any atom is 0.102 e. The SMILES string of the molecule is N=C(SC(=N)C1CCOC1)c1ccccc1N. The van der Waals surface area contributed by atoms with E-state index in [-0.39, 0.29) is 5.92 Å². The second-order valence-corrected chi connectivity index (χ2v) is 5.00.